The van der Waals surface area contributed by atoms with Gasteiger partial charge in [0.25, 0.3) is 5.56 Å². The van der Waals surface area contributed by atoms with Crippen molar-refractivity contribution in [2.75, 3.05) is 7.05 Å². The predicted molar refractivity (Wildman–Crippen MR) is 51.7 cm³/mol. The van der Waals surface area contributed by atoms with Crippen molar-refractivity contribution in [3.05, 3.63) is 27.4 Å². The monoisotopic (exact) mass is 181 g/mol. The van der Waals surface area contributed by atoms with E-state index in [1.807, 2.05) is 20.9 Å². The molecule has 0 unspecified atom stereocenters. The summed E-state index contributed by atoms with van der Waals surface area (Å²) in [5.74, 6) is 0.752. The van der Waals surface area contributed by atoms with Crippen LogP contribution < -0.4 is 10.9 Å². The first-order chi connectivity index (χ1) is 6.19. The maximum atomic E-state index is 11.5. The van der Waals surface area contributed by atoms with Crippen LogP contribution in [-0.4, -0.2) is 17.0 Å². The highest BCUT2D eigenvalue weighted by atomic mass is 16.1. The number of H-pyrrole nitrogens is 1. The Bertz CT molecular complexity index is 343. The first-order valence-electron chi connectivity index (χ1n) is 4.42. The van der Waals surface area contributed by atoms with Crippen LogP contribution in [0, 0.1) is 6.92 Å². The average Bonchev–Trinajstić information content (AvgIpc) is 2.11. The molecular weight excluding hydrogens is 166 g/mol. The van der Waals surface area contributed by atoms with Crippen molar-refractivity contribution in [2.45, 2.75) is 26.8 Å². The Kier molecular flexibility index (Phi) is 3.19. The Morgan fingerprint density at radius 1 is 1.54 bits per heavy atom. The van der Waals surface area contributed by atoms with E-state index in [9.17, 15) is 4.79 Å². The van der Waals surface area contributed by atoms with Crippen molar-refractivity contribution < 1.29 is 0 Å². The Morgan fingerprint density at radius 3 is 2.69 bits per heavy atom. The van der Waals surface area contributed by atoms with Crippen molar-refractivity contribution in [1.82, 2.24) is 15.3 Å². The molecule has 0 amide bonds. The normalized spacial score (nSPS) is 10.4. The molecular formula is C9H15N3O. The lowest BCUT2D eigenvalue weighted by Crippen LogP contribution is -2.22. The van der Waals surface area contributed by atoms with E-state index in [1.54, 1.807) is 0 Å². The molecule has 13 heavy (non-hydrogen) atoms. The fourth-order valence-corrected chi connectivity index (χ4v) is 1.22. The summed E-state index contributed by atoms with van der Waals surface area (Å²) < 4.78 is 0. The third-order valence-electron chi connectivity index (χ3n) is 1.96. The highest BCUT2D eigenvalue weighted by molar-refractivity contribution is 5.16. The molecule has 1 aromatic heterocycles. The lowest BCUT2D eigenvalue weighted by Gasteiger charge is -2.04. The van der Waals surface area contributed by atoms with Crippen molar-refractivity contribution in [3.63, 3.8) is 0 Å². The van der Waals surface area contributed by atoms with E-state index >= 15 is 0 Å². The van der Waals surface area contributed by atoms with Crippen LogP contribution in [0.25, 0.3) is 0 Å². The van der Waals surface area contributed by atoms with Gasteiger partial charge in [-0.05, 0) is 14.0 Å². The number of nitrogens with zero attached hydrogens (tertiary/aromatic N) is 1. The molecule has 0 aliphatic carbocycles. The summed E-state index contributed by atoms with van der Waals surface area (Å²) >= 11 is 0. The van der Waals surface area contributed by atoms with Crippen LogP contribution in [0.3, 0.4) is 0 Å². The molecule has 0 spiro atoms. The quantitative estimate of drug-likeness (QED) is 0.708. The Hall–Kier alpha value is -1.16. The molecule has 0 aromatic carbocycles. The van der Waals surface area contributed by atoms with Gasteiger partial charge in [0.15, 0.2) is 0 Å². The van der Waals surface area contributed by atoms with Crippen molar-refractivity contribution in [2.24, 2.45) is 0 Å². The van der Waals surface area contributed by atoms with E-state index < -0.39 is 0 Å². The second kappa shape index (κ2) is 4.18. The summed E-state index contributed by atoms with van der Waals surface area (Å²) in [5.41, 5.74) is 1.51. The minimum absolute atomic E-state index is 0.0290. The molecule has 0 saturated heterocycles. The zero-order valence-electron chi connectivity index (χ0n) is 8.27. The standard InChI is InChI=1S/C9H15N3O/c1-4-8-11-6(2)7(5-10-3)9(13)12-8/h10H,4-5H2,1-3H3,(H,11,12,13). The summed E-state index contributed by atoms with van der Waals surface area (Å²) in [6.45, 7) is 4.40. The van der Waals surface area contributed by atoms with Crippen LogP contribution in [0.5, 0.6) is 0 Å². The van der Waals surface area contributed by atoms with Gasteiger partial charge >= 0.3 is 0 Å². The zero-order chi connectivity index (χ0) is 9.84. The second-order valence-corrected chi connectivity index (χ2v) is 2.96. The zero-order valence-corrected chi connectivity index (χ0v) is 8.27. The summed E-state index contributed by atoms with van der Waals surface area (Å²) in [5, 5.41) is 2.94. The second-order valence-electron chi connectivity index (χ2n) is 2.96. The van der Waals surface area contributed by atoms with Gasteiger partial charge in [0.2, 0.25) is 0 Å². The van der Waals surface area contributed by atoms with Crippen LogP contribution in [0.1, 0.15) is 24.0 Å². The van der Waals surface area contributed by atoms with Gasteiger partial charge in [-0.25, -0.2) is 4.98 Å². The van der Waals surface area contributed by atoms with E-state index in [4.69, 9.17) is 0 Å². The summed E-state index contributed by atoms with van der Waals surface area (Å²) in [6, 6.07) is 0. The van der Waals surface area contributed by atoms with E-state index in [1.165, 1.54) is 0 Å². The predicted octanol–water partition coefficient (Wildman–Crippen LogP) is 0.360. The number of rotatable bonds is 3. The highest BCUT2D eigenvalue weighted by Gasteiger charge is 2.05. The van der Waals surface area contributed by atoms with Crippen molar-refractivity contribution in [1.29, 1.82) is 0 Å². The molecule has 1 heterocycles. The SMILES string of the molecule is CCc1nc(C)c(CNC)c(=O)[nH]1. The first kappa shape index (κ1) is 9.92. The minimum Gasteiger partial charge on any atom is -0.315 e. The van der Waals surface area contributed by atoms with Gasteiger partial charge < -0.3 is 10.3 Å². The number of hydrogen-bond donors (Lipinski definition) is 2. The van der Waals surface area contributed by atoms with Crippen molar-refractivity contribution >= 4 is 0 Å². The highest BCUT2D eigenvalue weighted by Crippen LogP contribution is 1.98. The Labute approximate surface area is 77.4 Å². The van der Waals surface area contributed by atoms with Crippen LogP contribution in [0.4, 0.5) is 0 Å². The molecule has 0 saturated carbocycles. The van der Waals surface area contributed by atoms with Gasteiger partial charge in [-0.1, -0.05) is 6.92 Å². The molecule has 0 aliphatic rings. The molecule has 72 valence electrons. The van der Waals surface area contributed by atoms with Gasteiger partial charge in [0.05, 0.1) is 5.56 Å². The Balaban J connectivity index is 3.15. The number of aromatic amines is 1. The number of hydrogen-bond acceptors (Lipinski definition) is 3. The summed E-state index contributed by atoms with van der Waals surface area (Å²) in [4.78, 5) is 18.5. The van der Waals surface area contributed by atoms with Crippen LogP contribution in [-0.2, 0) is 13.0 Å². The number of aryl methyl sites for hydroxylation is 2. The molecule has 0 radical (unpaired) electrons. The minimum atomic E-state index is -0.0290. The van der Waals surface area contributed by atoms with Gasteiger partial charge in [0.1, 0.15) is 5.82 Å². The third kappa shape index (κ3) is 2.15. The fraction of sp³-hybridized carbons (Fsp3) is 0.556. The van der Waals surface area contributed by atoms with Gasteiger partial charge in [0, 0.05) is 18.7 Å². The maximum Gasteiger partial charge on any atom is 0.255 e. The average molecular weight is 181 g/mol. The van der Waals surface area contributed by atoms with E-state index in [0.29, 0.717) is 6.54 Å². The lowest BCUT2D eigenvalue weighted by atomic mass is 10.2. The van der Waals surface area contributed by atoms with Gasteiger partial charge in [-0.2, -0.15) is 0 Å². The molecule has 2 N–H and O–H groups in total. The van der Waals surface area contributed by atoms with Crippen LogP contribution in [0.2, 0.25) is 0 Å². The molecule has 1 rings (SSSR count). The first-order valence-corrected chi connectivity index (χ1v) is 4.42. The third-order valence-corrected chi connectivity index (χ3v) is 1.96. The number of aromatic nitrogens is 2. The molecule has 4 nitrogen and oxygen atoms in total. The maximum absolute atomic E-state index is 11.5. The van der Waals surface area contributed by atoms with Crippen LogP contribution in [0.15, 0.2) is 4.79 Å². The summed E-state index contributed by atoms with van der Waals surface area (Å²) in [6.07, 6.45) is 0.760. The molecule has 1 aromatic rings. The van der Waals surface area contributed by atoms with E-state index in [2.05, 4.69) is 15.3 Å². The topological polar surface area (TPSA) is 57.8 Å². The fourth-order valence-electron chi connectivity index (χ4n) is 1.22. The van der Waals surface area contributed by atoms with E-state index in [0.717, 1.165) is 23.5 Å². The van der Waals surface area contributed by atoms with Gasteiger partial charge in [-0.15, -0.1) is 0 Å². The van der Waals surface area contributed by atoms with Gasteiger partial charge in [-0.3, -0.25) is 4.79 Å². The summed E-state index contributed by atoms with van der Waals surface area (Å²) in [7, 11) is 1.81. The van der Waals surface area contributed by atoms with Crippen LogP contribution >= 0.6 is 0 Å². The molecule has 0 aliphatic heterocycles. The molecule has 0 fully saturated rings. The smallest absolute Gasteiger partial charge is 0.255 e. The largest absolute Gasteiger partial charge is 0.315 e. The molecule has 0 bridgehead atoms. The molecule has 0 atom stereocenters. The Morgan fingerprint density at radius 2 is 2.23 bits per heavy atom. The number of nitrogens with one attached hydrogen (secondary N) is 2. The molecule has 4 heteroatoms. The lowest BCUT2D eigenvalue weighted by molar-refractivity contribution is 0.770. The van der Waals surface area contributed by atoms with E-state index in [-0.39, 0.29) is 5.56 Å². The van der Waals surface area contributed by atoms with Crippen molar-refractivity contribution in [3.8, 4) is 0 Å².